The van der Waals surface area contributed by atoms with Gasteiger partial charge >= 0.3 is 6.03 Å². The molecule has 9 heteroatoms. The van der Waals surface area contributed by atoms with Gasteiger partial charge < -0.3 is 19.9 Å². The quantitative estimate of drug-likeness (QED) is 0.132. The average Bonchev–Trinajstić information content (AvgIpc) is 3.51. The molecule has 0 aliphatic carbocycles. The van der Waals surface area contributed by atoms with E-state index >= 15 is 0 Å². The molecule has 44 heavy (non-hydrogen) atoms. The van der Waals surface area contributed by atoms with Gasteiger partial charge in [-0.05, 0) is 65.3 Å². The number of allylic oxidation sites excluding steroid dienone is 1. The number of aryl methyl sites for hydroxylation is 1. The predicted octanol–water partition coefficient (Wildman–Crippen LogP) is 7.22. The van der Waals surface area contributed by atoms with Gasteiger partial charge in [0.2, 0.25) is 0 Å². The minimum atomic E-state index is -0.516. The highest BCUT2D eigenvalue weighted by molar-refractivity contribution is 6.07. The van der Waals surface area contributed by atoms with Crippen molar-refractivity contribution in [3.63, 3.8) is 0 Å². The molecule has 226 valence electrons. The van der Waals surface area contributed by atoms with Crippen molar-refractivity contribution >= 4 is 28.4 Å². The Balaban J connectivity index is 1.60. The summed E-state index contributed by atoms with van der Waals surface area (Å²) in [7, 11) is 1.59. The van der Waals surface area contributed by atoms with Crippen LogP contribution >= 0.6 is 0 Å². The third kappa shape index (κ3) is 6.57. The number of ether oxygens (including phenoxy) is 1. The lowest BCUT2D eigenvalue weighted by Gasteiger charge is -2.24. The van der Waals surface area contributed by atoms with Crippen LogP contribution < -0.4 is 20.9 Å². The van der Waals surface area contributed by atoms with Gasteiger partial charge in [-0.2, -0.15) is 0 Å². The summed E-state index contributed by atoms with van der Waals surface area (Å²) in [4.78, 5) is 36.7. The fourth-order valence-corrected chi connectivity index (χ4v) is 5.38. The summed E-state index contributed by atoms with van der Waals surface area (Å²) in [5, 5.41) is 6.74. The lowest BCUT2D eigenvalue weighted by molar-refractivity contribution is 0.262. The van der Waals surface area contributed by atoms with E-state index in [1.54, 1.807) is 30.4 Å². The number of hydrogen-bond acceptors (Lipinski definition) is 5. The summed E-state index contributed by atoms with van der Waals surface area (Å²) in [5.41, 5.74) is 4.10. The van der Waals surface area contributed by atoms with Crippen molar-refractivity contribution in [2.45, 2.75) is 52.1 Å². The zero-order valence-electron chi connectivity index (χ0n) is 25.6. The van der Waals surface area contributed by atoms with Gasteiger partial charge in [0.25, 0.3) is 5.56 Å². The molecule has 0 spiro atoms. The number of aromatic nitrogens is 4. The largest absolute Gasteiger partial charge is 0.497 e. The fraction of sp³-hybridized carbons (Fsp3) is 0.257. The Kier molecular flexibility index (Phi) is 8.94. The Labute approximate surface area is 257 Å². The molecule has 9 nitrogen and oxygen atoms in total. The second kappa shape index (κ2) is 13.0. The lowest BCUT2D eigenvalue weighted by atomic mass is 9.85. The van der Waals surface area contributed by atoms with Crippen molar-refractivity contribution in [2.24, 2.45) is 0 Å². The highest BCUT2D eigenvalue weighted by Crippen LogP contribution is 2.35. The van der Waals surface area contributed by atoms with E-state index in [-0.39, 0.29) is 16.7 Å². The molecule has 2 amide bonds. The smallest absolute Gasteiger partial charge is 0.323 e. The van der Waals surface area contributed by atoms with Gasteiger partial charge in [0.1, 0.15) is 17.1 Å². The van der Waals surface area contributed by atoms with Gasteiger partial charge in [-0.1, -0.05) is 51.1 Å². The Morgan fingerprint density at radius 1 is 1.07 bits per heavy atom. The Morgan fingerprint density at radius 2 is 1.91 bits per heavy atom. The van der Waals surface area contributed by atoms with Crippen LogP contribution in [-0.2, 0) is 18.5 Å². The average molecular weight is 591 g/mol. The number of anilines is 2. The lowest BCUT2D eigenvalue weighted by Crippen LogP contribution is -2.30. The van der Waals surface area contributed by atoms with E-state index in [1.165, 1.54) is 0 Å². The van der Waals surface area contributed by atoms with E-state index < -0.39 is 6.03 Å². The molecule has 3 heterocycles. The number of carbonyl (C=O) groups excluding carboxylic acids is 1. The SMILES string of the molecule is C=CCCCn1c(=O)c(NC(=O)Nc2cc(Cn3ccnc3)ccc2C(C)(C)C)c(-c2cccc(OC)c2)c2cccnc21. The van der Waals surface area contributed by atoms with E-state index in [0.29, 0.717) is 42.2 Å². The number of methoxy groups -OCH3 is 1. The number of nitrogens with one attached hydrogen (secondary N) is 2. The monoisotopic (exact) mass is 590 g/mol. The minimum absolute atomic E-state index is 0.168. The number of unbranched alkanes of at least 4 members (excludes halogenated alkanes) is 1. The van der Waals surface area contributed by atoms with Gasteiger partial charge in [0.15, 0.2) is 0 Å². The molecule has 0 atom stereocenters. The number of nitrogens with zero attached hydrogens (tertiary/aromatic N) is 4. The number of amides is 2. The van der Waals surface area contributed by atoms with Gasteiger partial charge in [-0.25, -0.2) is 14.8 Å². The Hall–Kier alpha value is -5.18. The van der Waals surface area contributed by atoms with Crippen LogP contribution in [0.3, 0.4) is 0 Å². The number of pyridine rings is 2. The zero-order chi connectivity index (χ0) is 31.3. The standard InChI is InChI=1S/C35H38N6O3/c1-6-7-8-18-41-32-27(13-10-16-37-32)30(25-11-9-12-26(21-25)44-5)31(33(41)42)39-34(43)38-29-20-24(22-40-19-17-36-23-40)14-15-28(29)35(2,3)4/h6,9-17,19-21,23H,1,7-8,18,22H2,2-5H3,(H2,38,39,43). The maximum atomic E-state index is 14.2. The van der Waals surface area contributed by atoms with Gasteiger partial charge in [0, 0.05) is 48.3 Å². The molecule has 2 N–H and O–H groups in total. The van der Waals surface area contributed by atoms with Crippen LogP contribution in [0, 0.1) is 0 Å². The summed E-state index contributed by atoms with van der Waals surface area (Å²) in [5.74, 6) is 0.634. The molecule has 0 unspecified atom stereocenters. The summed E-state index contributed by atoms with van der Waals surface area (Å²) < 4.78 is 9.08. The Morgan fingerprint density at radius 3 is 2.64 bits per heavy atom. The van der Waals surface area contributed by atoms with E-state index in [2.05, 4.69) is 54.0 Å². The molecule has 5 rings (SSSR count). The maximum Gasteiger partial charge on any atom is 0.323 e. The van der Waals surface area contributed by atoms with Crippen LogP contribution in [0.5, 0.6) is 5.75 Å². The summed E-state index contributed by atoms with van der Waals surface area (Å²) in [6.45, 7) is 11.1. The first-order chi connectivity index (χ1) is 21.2. The number of rotatable bonds is 10. The van der Waals surface area contributed by atoms with Gasteiger partial charge in [-0.15, -0.1) is 6.58 Å². The van der Waals surface area contributed by atoms with Crippen LogP contribution in [0.25, 0.3) is 22.2 Å². The minimum Gasteiger partial charge on any atom is -0.497 e. The van der Waals surface area contributed by atoms with E-state index in [9.17, 15) is 9.59 Å². The maximum absolute atomic E-state index is 14.2. The summed E-state index contributed by atoms with van der Waals surface area (Å²) in [6, 6.07) is 16.7. The van der Waals surface area contributed by atoms with Crippen molar-refractivity contribution < 1.29 is 9.53 Å². The van der Waals surface area contributed by atoms with Crippen LogP contribution in [0.2, 0.25) is 0 Å². The normalized spacial score (nSPS) is 11.4. The van der Waals surface area contributed by atoms with Crippen LogP contribution in [0.15, 0.2) is 97.0 Å². The van der Waals surface area contributed by atoms with Gasteiger partial charge in [0.05, 0.1) is 13.4 Å². The third-order valence-electron chi connectivity index (χ3n) is 7.47. The van der Waals surface area contributed by atoms with E-state index in [4.69, 9.17) is 4.74 Å². The molecule has 0 radical (unpaired) electrons. The van der Waals surface area contributed by atoms with Crippen molar-refractivity contribution in [1.29, 1.82) is 0 Å². The zero-order valence-corrected chi connectivity index (χ0v) is 25.6. The Bertz CT molecular complexity index is 1850. The number of hydrogen-bond donors (Lipinski definition) is 2. The number of fused-ring (bicyclic) bond motifs is 1. The molecule has 0 fully saturated rings. The van der Waals surface area contributed by atoms with Crippen molar-refractivity contribution in [3.8, 4) is 16.9 Å². The summed E-state index contributed by atoms with van der Waals surface area (Å²) in [6.07, 6.45) is 10.3. The second-order valence-electron chi connectivity index (χ2n) is 11.7. The number of benzene rings is 2. The van der Waals surface area contributed by atoms with Crippen molar-refractivity contribution in [2.75, 3.05) is 17.7 Å². The molecular weight excluding hydrogens is 552 g/mol. The fourth-order valence-electron chi connectivity index (χ4n) is 5.38. The highest BCUT2D eigenvalue weighted by atomic mass is 16.5. The first kappa shape index (κ1) is 30.3. The molecule has 2 aromatic carbocycles. The molecule has 5 aromatic rings. The molecule has 0 saturated carbocycles. The number of imidazole rings is 1. The van der Waals surface area contributed by atoms with Gasteiger partial charge in [-0.3, -0.25) is 9.36 Å². The highest BCUT2D eigenvalue weighted by Gasteiger charge is 2.23. The topological polar surface area (TPSA) is 103 Å². The second-order valence-corrected chi connectivity index (χ2v) is 11.7. The van der Waals surface area contributed by atoms with E-state index in [0.717, 1.165) is 28.5 Å². The van der Waals surface area contributed by atoms with Crippen molar-refractivity contribution in [1.82, 2.24) is 19.1 Å². The molecule has 3 aromatic heterocycles. The van der Waals surface area contributed by atoms with Crippen LogP contribution in [-0.4, -0.2) is 32.2 Å². The molecule has 0 aliphatic rings. The molecule has 0 saturated heterocycles. The first-order valence-corrected chi connectivity index (χ1v) is 14.6. The number of carbonyl (C=O) groups is 1. The predicted molar refractivity (Wildman–Crippen MR) is 177 cm³/mol. The molecular formula is C35H38N6O3. The summed E-state index contributed by atoms with van der Waals surface area (Å²) >= 11 is 0. The number of urea groups is 1. The van der Waals surface area contributed by atoms with E-state index in [1.807, 2.05) is 65.4 Å². The molecule has 0 aliphatic heterocycles. The molecule has 0 bridgehead atoms. The first-order valence-electron chi connectivity index (χ1n) is 14.6. The van der Waals surface area contributed by atoms with Crippen LogP contribution in [0.4, 0.5) is 16.2 Å². The third-order valence-corrected chi connectivity index (χ3v) is 7.47. The van der Waals surface area contributed by atoms with Crippen molar-refractivity contribution in [3.05, 3.63) is 114 Å². The van der Waals surface area contributed by atoms with Crippen LogP contribution in [0.1, 0.15) is 44.7 Å².